The van der Waals surface area contributed by atoms with Gasteiger partial charge < -0.3 is 34.8 Å². The lowest BCUT2D eigenvalue weighted by molar-refractivity contribution is -0.110. The monoisotopic (exact) mass is 533 g/mol. The molecule has 6 N–H and O–H groups in total. The Labute approximate surface area is 186 Å². The maximum Gasteiger partial charge on any atom is 0.490 e. The molecular weight excluding hydrogens is 511 g/mol. The maximum absolute atomic E-state index is 12.1. The van der Waals surface area contributed by atoms with Crippen LogP contribution in [0.15, 0.2) is 12.7 Å². The maximum atomic E-state index is 12.1. The van der Waals surface area contributed by atoms with Crippen molar-refractivity contribution in [3.63, 3.8) is 0 Å². The Bertz CT molecular complexity index is 1160. The summed E-state index contributed by atoms with van der Waals surface area (Å²) in [5.41, 5.74) is 5.26. The number of phosphoric acid groups is 3. The molecule has 2 aromatic rings. The van der Waals surface area contributed by atoms with Crippen molar-refractivity contribution in [2.75, 3.05) is 19.5 Å². The quantitative estimate of drug-likeness (QED) is 0.265. The summed E-state index contributed by atoms with van der Waals surface area (Å²) in [5.74, 6) is 0.153. The predicted octanol–water partition coefficient (Wildman–Crippen LogP) is 0.834. The van der Waals surface area contributed by atoms with Gasteiger partial charge in [0.1, 0.15) is 17.9 Å². The summed E-state index contributed by atoms with van der Waals surface area (Å²) in [5, 5.41) is 0. The van der Waals surface area contributed by atoms with Gasteiger partial charge in [0.2, 0.25) is 0 Å². The van der Waals surface area contributed by atoms with Crippen LogP contribution in [-0.2, 0) is 36.3 Å². The van der Waals surface area contributed by atoms with E-state index in [1.165, 1.54) is 19.8 Å². The highest BCUT2D eigenvalue weighted by Gasteiger charge is 2.49. The lowest BCUT2D eigenvalue weighted by Gasteiger charge is -2.28. The molecule has 5 atom stereocenters. The molecule has 5 unspecified atom stereocenters. The Kier molecular flexibility index (Phi) is 7.47. The molecule has 3 rings (SSSR count). The van der Waals surface area contributed by atoms with Crippen molar-refractivity contribution >= 4 is 40.4 Å². The second-order valence-electron chi connectivity index (χ2n) is 6.97. The summed E-state index contributed by atoms with van der Waals surface area (Å²) in [4.78, 5) is 48.5. The summed E-state index contributed by atoms with van der Waals surface area (Å²) >= 11 is 0. The molecule has 0 saturated carbocycles. The fourth-order valence-corrected chi connectivity index (χ4v) is 6.36. The number of methoxy groups -OCH3 is 1. The van der Waals surface area contributed by atoms with Gasteiger partial charge in [-0.3, -0.25) is 9.09 Å². The van der Waals surface area contributed by atoms with E-state index in [9.17, 15) is 23.5 Å². The number of rotatable bonds is 10. The van der Waals surface area contributed by atoms with Gasteiger partial charge in [0.25, 0.3) is 0 Å². The summed E-state index contributed by atoms with van der Waals surface area (Å²) < 4.78 is 59.8. The SMILES string of the molecule is CCC1(COP(=O)(O)OP(=O)(O)OP(=O)(O)O)CC(OC)C(n2cnc3c(N)ncnc32)O1. The first-order chi connectivity index (χ1) is 15.2. The third-order valence-electron chi connectivity index (χ3n) is 4.78. The van der Waals surface area contributed by atoms with E-state index in [1.807, 2.05) is 0 Å². The number of hydrogen-bond donors (Lipinski definition) is 5. The van der Waals surface area contributed by atoms with Crippen molar-refractivity contribution in [3.8, 4) is 0 Å². The van der Waals surface area contributed by atoms with Gasteiger partial charge in [0, 0.05) is 13.5 Å². The highest BCUT2D eigenvalue weighted by Crippen LogP contribution is 2.66. The van der Waals surface area contributed by atoms with Crippen molar-refractivity contribution in [2.45, 2.75) is 37.7 Å². The van der Waals surface area contributed by atoms with Crippen LogP contribution < -0.4 is 5.73 Å². The molecule has 0 bridgehead atoms. The first-order valence-corrected chi connectivity index (χ1v) is 13.6. The number of aromatic nitrogens is 4. The molecule has 17 nitrogen and oxygen atoms in total. The van der Waals surface area contributed by atoms with E-state index in [-0.39, 0.29) is 18.7 Å². The molecule has 20 heteroatoms. The van der Waals surface area contributed by atoms with Crippen molar-refractivity contribution in [2.24, 2.45) is 0 Å². The molecule has 0 amide bonds. The molecular formula is C13H22N5O12P3. The van der Waals surface area contributed by atoms with Crippen LogP contribution >= 0.6 is 23.5 Å². The number of anilines is 1. The zero-order valence-electron chi connectivity index (χ0n) is 17.2. The third kappa shape index (κ3) is 6.22. The van der Waals surface area contributed by atoms with Crippen LogP contribution in [0.1, 0.15) is 26.0 Å². The van der Waals surface area contributed by atoms with Crippen molar-refractivity contribution in [1.82, 2.24) is 19.5 Å². The van der Waals surface area contributed by atoms with Gasteiger partial charge in [-0.05, 0) is 6.42 Å². The zero-order chi connectivity index (χ0) is 24.7. The standard InChI is InChI=1S/C13H22N5O12P3/c1-3-13(5-27-32(22,23)30-33(24,25)29-31(19,20)21)4-8(26-2)12(28-13)18-7-17-9-10(14)15-6-16-11(9)18/h6-8,12H,3-5H2,1-2H3,(H,22,23)(H,24,25)(H2,14,15,16)(H2,19,20,21). The van der Waals surface area contributed by atoms with Crippen LogP contribution in [0, 0.1) is 0 Å². The van der Waals surface area contributed by atoms with Gasteiger partial charge >= 0.3 is 23.5 Å². The number of hydrogen-bond acceptors (Lipinski definition) is 12. The fourth-order valence-electron chi connectivity index (χ4n) is 3.26. The smallest absolute Gasteiger partial charge is 0.382 e. The molecule has 1 aliphatic rings. The predicted molar refractivity (Wildman–Crippen MR) is 108 cm³/mol. The van der Waals surface area contributed by atoms with E-state index in [4.69, 9.17) is 29.5 Å². The molecule has 3 heterocycles. The van der Waals surface area contributed by atoms with Crippen molar-refractivity contribution in [3.05, 3.63) is 12.7 Å². The first-order valence-electron chi connectivity index (χ1n) is 9.12. The molecule has 0 radical (unpaired) electrons. The van der Waals surface area contributed by atoms with E-state index >= 15 is 0 Å². The molecule has 0 aromatic carbocycles. The Morgan fingerprint density at radius 3 is 2.48 bits per heavy atom. The van der Waals surface area contributed by atoms with Crippen LogP contribution in [0.3, 0.4) is 0 Å². The number of ether oxygens (including phenoxy) is 2. The van der Waals surface area contributed by atoms with Crippen molar-refractivity contribution < 1.29 is 55.9 Å². The van der Waals surface area contributed by atoms with Crippen LogP contribution in [0.4, 0.5) is 5.82 Å². The van der Waals surface area contributed by atoms with E-state index in [1.54, 1.807) is 11.5 Å². The average Bonchev–Trinajstić information content (AvgIpc) is 3.26. The van der Waals surface area contributed by atoms with Gasteiger partial charge in [0.05, 0.1) is 18.5 Å². The molecule has 0 aliphatic carbocycles. The number of imidazole rings is 1. The number of nitrogens with two attached hydrogens (primary N) is 1. The number of nitrogen functional groups attached to an aromatic ring is 1. The summed E-state index contributed by atoms with van der Waals surface area (Å²) in [6.07, 6.45) is 1.65. The van der Waals surface area contributed by atoms with Gasteiger partial charge in [-0.25, -0.2) is 28.6 Å². The van der Waals surface area contributed by atoms with E-state index in [0.717, 1.165) is 0 Å². The van der Waals surface area contributed by atoms with Crippen LogP contribution in [0.5, 0.6) is 0 Å². The van der Waals surface area contributed by atoms with Gasteiger partial charge in [0.15, 0.2) is 17.7 Å². The highest BCUT2D eigenvalue weighted by atomic mass is 31.3. The van der Waals surface area contributed by atoms with E-state index < -0.39 is 48.0 Å². The van der Waals surface area contributed by atoms with Crippen LogP contribution in [-0.4, -0.2) is 64.5 Å². The van der Waals surface area contributed by atoms with Gasteiger partial charge in [-0.15, -0.1) is 0 Å². The average molecular weight is 533 g/mol. The Morgan fingerprint density at radius 2 is 1.88 bits per heavy atom. The molecule has 1 fully saturated rings. The minimum absolute atomic E-state index is 0.153. The normalized spacial score (nSPS) is 27.5. The fraction of sp³-hybridized carbons (Fsp3) is 0.615. The first kappa shape index (κ1) is 26.3. The molecule has 33 heavy (non-hydrogen) atoms. The Balaban J connectivity index is 1.78. The lowest BCUT2D eigenvalue weighted by Crippen LogP contribution is -2.33. The lowest BCUT2D eigenvalue weighted by atomic mass is 9.97. The third-order valence-corrected chi connectivity index (χ3v) is 8.56. The number of nitrogens with zero attached hydrogens (tertiary/aromatic N) is 4. The highest BCUT2D eigenvalue weighted by molar-refractivity contribution is 7.66. The minimum Gasteiger partial charge on any atom is -0.382 e. The molecule has 186 valence electrons. The second-order valence-corrected chi connectivity index (χ2v) is 11.4. The second kappa shape index (κ2) is 9.38. The molecule has 2 aromatic heterocycles. The van der Waals surface area contributed by atoms with E-state index in [0.29, 0.717) is 11.2 Å². The van der Waals surface area contributed by atoms with Gasteiger partial charge in [-0.2, -0.15) is 8.62 Å². The number of phosphoric ester groups is 1. The summed E-state index contributed by atoms with van der Waals surface area (Å²) in [6, 6.07) is 0. The summed E-state index contributed by atoms with van der Waals surface area (Å²) in [7, 11) is -15.0. The van der Waals surface area contributed by atoms with Crippen molar-refractivity contribution in [1.29, 1.82) is 0 Å². The largest absolute Gasteiger partial charge is 0.490 e. The minimum atomic E-state index is -5.63. The van der Waals surface area contributed by atoms with Crippen LogP contribution in [0.2, 0.25) is 0 Å². The van der Waals surface area contributed by atoms with Gasteiger partial charge in [-0.1, -0.05) is 6.92 Å². The topological polar surface area (TPSA) is 248 Å². The van der Waals surface area contributed by atoms with Crippen LogP contribution in [0.25, 0.3) is 11.2 Å². The summed E-state index contributed by atoms with van der Waals surface area (Å²) in [6.45, 7) is 1.08. The Hall–Kier alpha value is -1.32. The molecule has 0 spiro atoms. The molecule has 1 saturated heterocycles. The molecule has 1 aliphatic heterocycles. The van der Waals surface area contributed by atoms with E-state index in [2.05, 4.69) is 23.6 Å². The Morgan fingerprint density at radius 1 is 1.18 bits per heavy atom. The number of fused-ring (bicyclic) bond motifs is 1. The zero-order valence-corrected chi connectivity index (χ0v) is 19.9.